The first-order valence-corrected chi connectivity index (χ1v) is 3.93. The summed E-state index contributed by atoms with van der Waals surface area (Å²) in [5.41, 5.74) is 0. The molecule has 1 aliphatic carbocycles. The molecule has 0 heterocycles. The summed E-state index contributed by atoms with van der Waals surface area (Å²) in [6.45, 7) is 2.32. The van der Waals surface area contributed by atoms with Crippen LogP contribution in [0.3, 0.4) is 0 Å². The fraction of sp³-hybridized carbons (Fsp3) is 1.00. The van der Waals surface area contributed by atoms with Crippen molar-refractivity contribution in [2.24, 2.45) is 11.8 Å². The van der Waals surface area contributed by atoms with Crippen LogP contribution in [0.15, 0.2) is 0 Å². The monoisotopic (exact) mass is 196 g/mol. The van der Waals surface area contributed by atoms with E-state index in [4.69, 9.17) is 0 Å². The summed E-state index contributed by atoms with van der Waals surface area (Å²) in [6, 6.07) is 0. The predicted octanol–water partition coefficient (Wildman–Crippen LogP) is 2.08. The summed E-state index contributed by atoms with van der Waals surface area (Å²) in [5.74, 6) is 2.15. The molecule has 0 bridgehead atoms. The second kappa shape index (κ2) is 1.68. The Hall–Kier alpha value is 0.730. The molecular formula is C5H9I. The fourth-order valence-electron chi connectivity index (χ4n) is 0.614. The molecular weight excluding hydrogens is 187 g/mol. The van der Waals surface area contributed by atoms with Gasteiger partial charge in [0.1, 0.15) is 0 Å². The van der Waals surface area contributed by atoms with Gasteiger partial charge in [-0.3, -0.25) is 0 Å². The van der Waals surface area contributed by atoms with Gasteiger partial charge in [-0.05, 0) is 18.3 Å². The van der Waals surface area contributed by atoms with Crippen LogP contribution in [0.4, 0.5) is 0 Å². The average Bonchev–Trinajstić information content (AvgIpc) is 2.19. The van der Waals surface area contributed by atoms with Crippen molar-refractivity contribution in [2.75, 3.05) is 4.43 Å². The molecule has 1 fully saturated rings. The summed E-state index contributed by atoms with van der Waals surface area (Å²) < 4.78 is 1.37. The van der Waals surface area contributed by atoms with Crippen LogP contribution in [0.1, 0.15) is 13.3 Å². The lowest BCUT2D eigenvalue weighted by Gasteiger charge is -1.77. The van der Waals surface area contributed by atoms with E-state index in [0.29, 0.717) is 0 Å². The van der Waals surface area contributed by atoms with E-state index in [0.717, 1.165) is 11.8 Å². The van der Waals surface area contributed by atoms with Crippen molar-refractivity contribution < 1.29 is 0 Å². The lowest BCUT2D eigenvalue weighted by Crippen LogP contribution is -1.73. The van der Waals surface area contributed by atoms with Gasteiger partial charge in [0.05, 0.1) is 0 Å². The van der Waals surface area contributed by atoms with Crippen LogP contribution in [0.2, 0.25) is 0 Å². The number of rotatable bonds is 1. The van der Waals surface area contributed by atoms with E-state index in [2.05, 4.69) is 29.5 Å². The SMILES string of the molecule is CC1C[C@@H]1CI. The van der Waals surface area contributed by atoms with Gasteiger partial charge in [-0.25, -0.2) is 0 Å². The molecule has 0 aliphatic heterocycles. The zero-order chi connectivity index (χ0) is 4.57. The van der Waals surface area contributed by atoms with Crippen LogP contribution < -0.4 is 0 Å². The van der Waals surface area contributed by atoms with Gasteiger partial charge in [0, 0.05) is 4.43 Å². The second-order valence-electron chi connectivity index (χ2n) is 2.13. The molecule has 1 rings (SSSR count). The Morgan fingerprint density at radius 2 is 2.33 bits per heavy atom. The normalized spacial score (nSPS) is 43.0. The first kappa shape index (κ1) is 4.88. The van der Waals surface area contributed by atoms with E-state index in [9.17, 15) is 0 Å². The highest BCUT2D eigenvalue weighted by atomic mass is 127. The van der Waals surface area contributed by atoms with Crippen molar-refractivity contribution in [1.29, 1.82) is 0 Å². The smallest absolute Gasteiger partial charge is 0.00263 e. The molecule has 36 valence electrons. The lowest BCUT2D eigenvalue weighted by atomic mass is 10.4. The third-order valence-electron chi connectivity index (χ3n) is 1.47. The van der Waals surface area contributed by atoms with E-state index in [1.54, 1.807) is 0 Å². The minimum atomic E-state index is 1.06. The molecule has 1 saturated carbocycles. The van der Waals surface area contributed by atoms with Crippen LogP contribution in [0, 0.1) is 11.8 Å². The molecule has 0 spiro atoms. The summed E-state index contributed by atoms with van der Waals surface area (Å²) in [7, 11) is 0. The Morgan fingerprint density at radius 1 is 1.83 bits per heavy atom. The maximum absolute atomic E-state index is 2.46. The van der Waals surface area contributed by atoms with Crippen LogP contribution in [-0.2, 0) is 0 Å². The largest absolute Gasteiger partial charge is 0.0861 e. The molecule has 0 N–H and O–H groups in total. The van der Waals surface area contributed by atoms with E-state index >= 15 is 0 Å². The molecule has 6 heavy (non-hydrogen) atoms. The highest BCUT2D eigenvalue weighted by molar-refractivity contribution is 14.1. The molecule has 0 nitrogen and oxygen atoms in total. The molecule has 0 aromatic carbocycles. The number of halogens is 1. The molecule has 2 atom stereocenters. The molecule has 0 saturated heterocycles. The van der Waals surface area contributed by atoms with Gasteiger partial charge in [-0.1, -0.05) is 29.5 Å². The van der Waals surface area contributed by atoms with Gasteiger partial charge < -0.3 is 0 Å². The summed E-state index contributed by atoms with van der Waals surface area (Å²) in [5, 5.41) is 0. The number of alkyl halides is 1. The molecule has 0 aromatic rings. The molecule has 1 unspecified atom stereocenters. The van der Waals surface area contributed by atoms with Crippen LogP contribution in [0.5, 0.6) is 0 Å². The molecule has 0 amide bonds. The third-order valence-corrected chi connectivity index (χ3v) is 2.61. The van der Waals surface area contributed by atoms with Crippen LogP contribution in [0.25, 0.3) is 0 Å². The van der Waals surface area contributed by atoms with Gasteiger partial charge in [0.15, 0.2) is 0 Å². The van der Waals surface area contributed by atoms with Crippen molar-refractivity contribution >= 4 is 22.6 Å². The zero-order valence-electron chi connectivity index (χ0n) is 3.95. The Kier molecular flexibility index (Phi) is 1.37. The minimum Gasteiger partial charge on any atom is -0.0861 e. The maximum Gasteiger partial charge on any atom is 0.00263 e. The summed E-state index contributed by atoms with van der Waals surface area (Å²) in [4.78, 5) is 0. The van der Waals surface area contributed by atoms with Crippen molar-refractivity contribution in [3.63, 3.8) is 0 Å². The zero-order valence-corrected chi connectivity index (χ0v) is 6.10. The van der Waals surface area contributed by atoms with E-state index in [1.165, 1.54) is 10.8 Å². The first-order chi connectivity index (χ1) is 2.84. The van der Waals surface area contributed by atoms with E-state index in [-0.39, 0.29) is 0 Å². The first-order valence-electron chi connectivity index (χ1n) is 2.40. The van der Waals surface area contributed by atoms with Crippen molar-refractivity contribution in [3.05, 3.63) is 0 Å². The quantitative estimate of drug-likeness (QED) is 0.444. The Balaban J connectivity index is 2.09. The van der Waals surface area contributed by atoms with Gasteiger partial charge in [0.2, 0.25) is 0 Å². The number of hydrogen-bond acceptors (Lipinski definition) is 0. The predicted molar refractivity (Wildman–Crippen MR) is 36.2 cm³/mol. The van der Waals surface area contributed by atoms with Crippen LogP contribution >= 0.6 is 22.6 Å². The molecule has 1 aliphatic rings. The third kappa shape index (κ3) is 0.863. The van der Waals surface area contributed by atoms with Crippen molar-refractivity contribution in [2.45, 2.75) is 13.3 Å². The fourth-order valence-corrected chi connectivity index (χ4v) is 1.84. The summed E-state index contributed by atoms with van der Waals surface area (Å²) >= 11 is 2.46. The topological polar surface area (TPSA) is 0 Å². The van der Waals surface area contributed by atoms with Crippen molar-refractivity contribution in [1.82, 2.24) is 0 Å². The lowest BCUT2D eigenvalue weighted by molar-refractivity contribution is 0.855. The minimum absolute atomic E-state index is 1.06. The van der Waals surface area contributed by atoms with E-state index < -0.39 is 0 Å². The highest BCUT2D eigenvalue weighted by Crippen LogP contribution is 2.38. The van der Waals surface area contributed by atoms with Gasteiger partial charge in [-0.2, -0.15) is 0 Å². The molecule has 1 heteroatoms. The van der Waals surface area contributed by atoms with Gasteiger partial charge in [0.25, 0.3) is 0 Å². The second-order valence-corrected chi connectivity index (χ2v) is 3.01. The highest BCUT2D eigenvalue weighted by Gasteiger charge is 2.30. The Labute approximate surface area is 52.5 Å². The van der Waals surface area contributed by atoms with Crippen LogP contribution in [-0.4, -0.2) is 4.43 Å². The van der Waals surface area contributed by atoms with Gasteiger partial charge in [-0.15, -0.1) is 0 Å². The average molecular weight is 196 g/mol. The summed E-state index contributed by atoms with van der Waals surface area (Å²) in [6.07, 6.45) is 1.49. The van der Waals surface area contributed by atoms with Crippen molar-refractivity contribution in [3.8, 4) is 0 Å². The standard InChI is InChI=1S/C5H9I/c1-4-2-5(4)3-6/h4-5H,2-3H2,1H3/t4?,5-/m1/s1. The molecule has 0 aromatic heterocycles. The van der Waals surface area contributed by atoms with Gasteiger partial charge >= 0.3 is 0 Å². The Morgan fingerprint density at radius 3 is 2.33 bits per heavy atom. The number of hydrogen-bond donors (Lipinski definition) is 0. The maximum atomic E-state index is 2.46. The molecule has 0 radical (unpaired) electrons. The van der Waals surface area contributed by atoms with E-state index in [1.807, 2.05) is 0 Å². The Bertz CT molecular complexity index is 49.9.